The van der Waals surface area contributed by atoms with Crippen molar-refractivity contribution in [2.45, 2.75) is 25.8 Å². The van der Waals surface area contributed by atoms with E-state index in [4.69, 9.17) is 5.73 Å². The number of benzene rings is 1. The van der Waals surface area contributed by atoms with Gasteiger partial charge in [-0.15, -0.1) is 0 Å². The van der Waals surface area contributed by atoms with Gasteiger partial charge in [-0.25, -0.2) is 9.07 Å². The maximum absolute atomic E-state index is 13.8. The fourth-order valence-corrected chi connectivity index (χ4v) is 4.91. The smallest absolute Gasteiger partial charge is 0.224 e. The number of piperazine rings is 1. The van der Waals surface area contributed by atoms with Crippen molar-refractivity contribution < 1.29 is 4.39 Å². The average Bonchev–Trinajstić information content (AvgIpc) is 3.18. The number of nitrogens with two attached hydrogens (primary N) is 1. The maximum Gasteiger partial charge on any atom is 0.224 e. The monoisotopic (exact) mass is 462 g/mol. The molecule has 1 aromatic carbocycles. The Labute approximate surface area is 199 Å². The lowest BCUT2D eigenvalue weighted by atomic mass is 9.94. The zero-order valence-corrected chi connectivity index (χ0v) is 19.9. The third kappa shape index (κ3) is 4.35. The minimum Gasteiger partial charge on any atom is -0.368 e. The number of anilines is 3. The van der Waals surface area contributed by atoms with Gasteiger partial charge in [0.2, 0.25) is 5.95 Å². The van der Waals surface area contributed by atoms with Crippen LogP contribution in [0.15, 0.2) is 36.5 Å². The molecule has 1 atom stereocenters. The average molecular weight is 463 g/mol. The van der Waals surface area contributed by atoms with Crippen LogP contribution in [0.25, 0.3) is 11.9 Å². The quantitative estimate of drug-likeness (QED) is 0.625. The number of rotatable bonds is 5. The Kier molecular flexibility index (Phi) is 5.95. The van der Waals surface area contributed by atoms with E-state index in [9.17, 15) is 4.39 Å². The van der Waals surface area contributed by atoms with Gasteiger partial charge in [0.15, 0.2) is 5.82 Å². The highest BCUT2D eigenvalue weighted by Gasteiger charge is 2.31. The van der Waals surface area contributed by atoms with Gasteiger partial charge in [0, 0.05) is 63.6 Å². The molecule has 178 valence electrons. The van der Waals surface area contributed by atoms with E-state index in [1.165, 1.54) is 5.56 Å². The summed E-state index contributed by atoms with van der Waals surface area (Å²) in [5.74, 6) is 1.46. The molecule has 3 aromatic rings. The summed E-state index contributed by atoms with van der Waals surface area (Å²) in [6.45, 7) is 5.78. The van der Waals surface area contributed by atoms with Crippen LogP contribution >= 0.6 is 0 Å². The Morgan fingerprint density at radius 3 is 2.88 bits per heavy atom. The van der Waals surface area contributed by atoms with Crippen LogP contribution in [0.3, 0.4) is 0 Å². The van der Waals surface area contributed by atoms with Crippen molar-refractivity contribution in [3.05, 3.63) is 59.2 Å². The number of hydrogen-bond acceptors (Lipinski definition) is 7. The summed E-state index contributed by atoms with van der Waals surface area (Å²) >= 11 is 0. The van der Waals surface area contributed by atoms with Crippen LogP contribution in [0.4, 0.5) is 21.8 Å². The van der Waals surface area contributed by atoms with Gasteiger partial charge < -0.3 is 15.5 Å². The number of halogens is 1. The first kappa shape index (κ1) is 22.3. The fourth-order valence-electron chi connectivity index (χ4n) is 4.91. The summed E-state index contributed by atoms with van der Waals surface area (Å²) in [7, 11) is 3.83. The first-order chi connectivity index (χ1) is 16.4. The Balaban J connectivity index is 1.24. The van der Waals surface area contributed by atoms with Gasteiger partial charge in [-0.05, 0) is 37.5 Å². The van der Waals surface area contributed by atoms with Crippen molar-refractivity contribution in [2.24, 2.45) is 0 Å². The van der Waals surface area contributed by atoms with E-state index < -0.39 is 0 Å². The molecular weight excluding hydrogens is 431 g/mol. The van der Waals surface area contributed by atoms with Crippen LogP contribution in [0.1, 0.15) is 23.2 Å². The van der Waals surface area contributed by atoms with Gasteiger partial charge in [0.1, 0.15) is 11.6 Å². The number of nitrogen functional groups attached to an aromatic ring is 1. The largest absolute Gasteiger partial charge is 0.368 e. The second kappa shape index (κ2) is 9.06. The van der Waals surface area contributed by atoms with Crippen molar-refractivity contribution >= 4 is 23.5 Å². The summed E-state index contributed by atoms with van der Waals surface area (Å²) < 4.78 is 15.6. The van der Waals surface area contributed by atoms with Crippen LogP contribution in [0.5, 0.6) is 0 Å². The molecule has 2 aliphatic rings. The fraction of sp³-hybridized carbons (Fsp3) is 0.400. The Hall–Kier alpha value is -3.46. The molecule has 34 heavy (non-hydrogen) atoms. The summed E-state index contributed by atoms with van der Waals surface area (Å²) in [6, 6.07) is 7.53. The van der Waals surface area contributed by atoms with Crippen molar-refractivity contribution in [2.75, 3.05) is 55.8 Å². The maximum atomic E-state index is 13.8. The second-order valence-electron chi connectivity index (χ2n) is 9.25. The van der Waals surface area contributed by atoms with Crippen LogP contribution < -0.4 is 15.5 Å². The normalized spacial score (nSPS) is 18.2. The van der Waals surface area contributed by atoms with E-state index in [-0.39, 0.29) is 11.8 Å². The van der Waals surface area contributed by atoms with Crippen LogP contribution in [-0.4, -0.2) is 71.0 Å². The highest BCUT2D eigenvalue weighted by atomic mass is 19.1. The SMILES string of the molecule is Cc1c(C=CCN2CCN3c4cc(F)ccc4CCC3C2)cnn1-c1cc(N(C)C)nc(N)n1. The van der Waals surface area contributed by atoms with E-state index in [0.29, 0.717) is 11.9 Å². The van der Waals surface area contributed by atoms with Crippen LogP contribution in [0, 0.1) is 12.7 Å². The molecule has 0 saturated carbocycles. The first-order valence-corrected chi connectivity index (χ1v) is 11.7. The van der Waals surface area contributed by atoms with Gasteiger partial charge in [0.25, 0.3) is 0 Å². The first-order valence-electron chi connectivity index (χ1n) is 11.7. The number of nitrogens with zero attached hydrogens (tertiary/aromatic N) is 7. The van der Waals surface area contributed by atoms with E-state index >= 15 is 0 Å². The van der Waals surface area contributed by atoms with Crippen molar-refractivity contribution in [1.82, 2.24) is 24.6 Å². The second-order valence-corrected chi connectivity index (χ2v) is 9.25. The predicted molar refractivity (Wildman–Crippen MR) is 134 cm³/mol. The molecule has 9 heteroatoms. The van der Waals surface area contributed by atoms with Crippen LogP contribution in [0.2, 0.25) is 0 Å². The zero-order valence-electron chi connectivity index (χ0n) is 19.9. The van der Waals surface area contributed by atoms with Crippen molar-refractivity contribution in [3.63, 3.8) is 0 Å². The molecule has 4 heterocycles. The third-order valence-corrected chi connectivity index (χ3v) is 6.77. The van der Waals surface area contributed by atoms with E-state index in [1.807, 2.05) is 44.2 Å². The molecule has 0 amide bonds. The molecule has 5 rings (SSSR count). The lowest BCUT2D eigenvalue weighted by molar-refractivity contribution is 0.234. The molecule has 1 fully saturated rings. The molecule has 2 aromatic heterocycles. The molecule has 2 N–H and O–H groups in total. The van der Waals surface area contributed by atoms with Gasteiger partial charge in [-0.2, -0.15) is 15.1 Å². The number of fused-ring (bicyclic) bond motifs is 3. The topological polar surface area (TPSA) is 79.3 Å². The summed E-state index contributed by atoms with van der Waals surface area (Å²) in [6.07, 6.45) is 8.29. The molecule has 1 saturated heterocycles. The highest BCUT2D eigenvalue weighted by Crippen LogP contribution is 2.33. The number of hydrogen-bond donors (Lipinski definition) is 1. The van der Waals surface area contributed by atoms with E-state index in [0.717, 1.165) is 61.8 Å². The van der Waals surface area contributed by atoms with E-state index in [1.54, 1.807) is 16.8 Å². The minimum atomic E-state index is -0.150. The predicted octanol–water partition coefficient (Wildman–Crippen LogP) is 2.91. The molecular formula is C25H31FN8. The molecule has 0 spiro atoms. The van der Waals surface area contributed by atoms with Gasteiger partial charge >= 0.3 is 0 Å². The lowest BCUT2D eigenvalue weighted by Crippen LogP contribution is -2.55. The summed E-state index contributed by atoms with van der Waals surface area (Å²) in [5, 5.41) is 4.53. The molecule has 0 aliphatic carbocycles. The Morgan fingerprint density at radius 2 is 2.06 bits per heavy atom. The van der Waals surface area contributed by atoms with Crippen LogP contribution in [-0.2, 0) is 6.42 Å². The molecule has 1 unspecified atom stereocenters. The minimum absolute atomic E-state index is 0.150. The van der Waals surface area contributed by atoms with Gasteiger partial charge in [0.05, 0.1) is 11.9 Å². The highest BCUT2D eigenvalue weighted by molar-refractivity contribution is 5.57. The molecule has 8 nitrogen and oxygen atoms in total. The van der Waals surface area contributed by atoms with Crippen molar-refractivity contribution in [1.29, 1.82) is 0 Å². The van der Waals surface area contributed by atoms with E-state index in [2.05, 4.69) is 37.0 Å². The zero-order chi connectivity index (χ0) is 23.8. The van der Waals surface area contributed by atoms with Gasteiger partial charge in [-0.3, -0.25) is 4.90 Å². The number of aromatic nitrogens is 4. The lowest BCUT2D eigenvalue weighted by Gasteiger charge is -2.46. The Morgan fingerprint density at radius 1 is 1.21 bits per heavy atom. The third-order valence-electron chi connectivity index (χ3n) is 6.77. The van der Waals surface area contributed by atoms with Crippen molar-refractivity contribution in [3.8, 4) is 5.82 Å². The van der Waals surface area contributed by atoms with Gasteiger partial charge in [-0.1, -0.05) is 18.2 Å². The molecule has 0 bridgehead atoms. The molecule has 2 aliphatic heterocycles. The summed E-state index contributed by atoms with van der Waals surface area (Å²) in [5.41, 5.74) is 10.3. The standard InChI is InChI=1S/C25H31FN8/c1-17-19(15-28-34(17)24-14-23(31(2)3)29-25(27)30-24)5-4-10-32-11-12-33-21(16-32)9-7-18-6-8-20(26)13-22(18)33/h4-6,8,13-15,21H,7,9-12,16H2,1-3H3,(H2,27,29,30). The number of aryl methyl sites for hydroxylation is 1. The molecule has 0 radical (unpaired) electrons. The Bertz CT molecular complexity index is 1220. The summed E-state index contributed by atoms with van der Waals surface area (Å²) in [4.78, 5) is 15.4.